The fourth-order valence-corrected chi connectivity index (χ4v) is 5.91. The summed E-state index contributed by atoms with van der Waals surface area (Å²) >= 11 is 0. The van der Waals surface area contributed by atoms with E-state index in [1.165, 1.54) is 11.1 Å². The Kier molecular flexibility index (Phi) is 10.8. The van der Waals surface area contributed by atoms with Crippen LogP contribution in [-0.2, 0) is 21.4 Å². The van der Waals surface area contributed by atoms with Gasteiger partial charge in [-0.15, -0.1) is 0 Å². The molecule has 1 amide bonds. The van der Waals surface area contributed by atoms with Crippen LogP contribution in [-0.4, -0.2) is 48.6 Å². The third-order valence-electron chi connectivity index (χ3n) is 8.34. The molecule has 0 radical (unpaired) electrons. The molecule has 0 aliphatic carbocycles. The lowest BCUT2D eigenvalue weighted by Crippen LogP contribution is -2.45. The van der Waals surface area contributed by atoms with Gasteiger partial charge in [0, 0.05) is 30.1 Å². The van der Waals surface area contributed by atoms with Crippen molar-refractivity contribution in [2.75, 3.05) is 19.6 Å². The Morgan fingerprint density at radius 2 is 1.61 bits per heavy atom. The molecule has 0 saturated carbocycles. The van der Waals surface area contributed by atoms with Crippen molar-refractivity contribution in [3.8, 4) is 11.1 Å². The van der Waals surface area contributed by atoms with E-state index in [2.05, 4.69) is 60.5 Å². The minimum Gasteiger partial charge on any atom is -0.463 e. The molecule has 1 saturated heterocycles. The zero-order chi connectivity index (χ0) is 29.2. The van der Waals surface area contributed by atoms with Crippen LogP contribution in [0.3, 0.4) is 0 Å². The van der Waals surface area contributed by atoms with Crippen molar-refractivity contribution in [3.05, 3.63) is 95.6 Å². The van der Waals surface area contributed by atoms with Gasteiger partial charge in [-0.2, -0.15) is 0 Å². The minimum atomic E-state index is -0.260. The van der Waals surface area contributed by atoms with Crippen molar-refractivity contribution in [2.24, 2.45) is 0 Å². The molecule has 1 atom stereocenters. The minimum absolute atomic E-state index is 0.00512. The summed E-state index contributed by atoms with van der Waals surface area (Å²) < 4.78 is 5.50. The van der Waals surface area contributed by atoms with Gasteiger partial charge in [0.1, 0.15) is 0 Å². The molecule has 4 rings (SSSR count). The normalized spacial score (nSPS) is 15.8. The largest absolute Gasteiger partial charge is 0.463 e. The predicted octanol–water partition coefficient (Wildman–Crippen LogP) is 7.19. The summed E-state index contributed by atoms with van der Waals surface area (Å²) in [5.74, 6) is -0.131. The zero-order valence-electron chi connectivity index (χ0n) is 25.2. The van der Waals surface area contributed by atoms with Gasteiger partial charge in [-0.1, -0.05) is 86.6 Å². The number of ether oxygens (including phenoxy) is 1. The molecule has 0 spiro atoms. The standard InChI is InChI=1S/C36H46N2O3/c1-5-28-16-18-29(19-17-28)32-14-9-10-15-33(32)35(40)37-31-20-24-38(25-21-31)23-11-22-36(4,26-34(39)41-27(2)3)30-12-7-6-8-13-30/h6-10,12-19,27,31H,5,11,20-26H2,1-4H3,(H,37,40). The number of aryl methyl sites for hydroxylation is 1. The number of amides is 1. The first-order valence-corrected chi connectivity index (χ1v) is 15.2. The van der Waals surface area contributed by atoms with E-state index in [0.717, 1.165) is 68.4 Å². The van der Waals surface area contributed by atoms with Crippen LogP contribution < -0.4 is 5.32 Å². The first-order chi connectivity index (χ1) is 19.8. The molecule has 5 heteroatoms. The average Bonchev–Trinajstić information content (AvgIpc) is 2.98. The Labute approximate surface area is 246 Å². The van der Waals surface area contributed by atoms with Gasteiger partial charge < -0.3 is 15.0 Å². The number of nitrogens with one attached hydrogen (secondary N) is 1. The van der Waals surface area contributed by atoms with Gasteiger partial charge in [0.15, 0.2) is 0 Å². The molecular weight excluding hydrogens is 508 g/mol. The van der Waals surface area contributed by atoms with Gasteiger partial charge in [0.2, 0.25) is 0 Å². The van der Waals surface area contributed by atoms with E-state index < -0.39 is 0 Å². The summed E-state index contributed by atoms with van der Waals surface area (Å²) in [4.78, 5) is 28.4. The van der Waals surface area contributed by atoms with Gasteiger partial charge in [-0.05, 0) is 80.8 Å². The highest BCUT2D eigenvalue weighted by molar-refractivity contribution is 6.01. The number of piperidine rings is 1. The lowest BCUT2D eigenvalue weighted by Gasteiger charge is -2.34. The van der Waals surface area contributed by atoms with Crippen molar-refractivity contribution in [3.63, 3.8) is 0 Å². The number of rotatable bonds is 12. The van der Waals surface area contributed by atoms with Crippen LogP contribution in [0.4, 0.5) is 0 Å². The molecule has 0 aromatic heterocycles. The summed E-state index contributed by atoms with van der Waals surface area (Å²) in [5, 5.41) is 3.31. The van der Waals surface area contributed by atoms with E-state index >= 15 is 0 Å². The average molecular weight is 555 g/mol. The van der Waals surface area contributed by atoms with E-state index in [1.54, 1.807) is 0 Å². The molecular formula is C36H46N2O3. The van der Waals surface area contributed by atoms with Crippen molar-refractivity contribution in [2.45, 2.75) is 83.8 Å². The number of esters is 1. The summed E-state index contributed by atoms with van der Waals surface area (Å²) in [7, 11) is 0. The Morgan fingerprint density at radius 3 is 2.27 bits per heavy atom. The maximum atomic E-state index is 13.3. The van der Waals surface area contributed by atoms with Crippen molar-refractivity contribution in [1.29, 1.82) is 0 Å². The first-order valence-electron chi connectivity index (χ1n) is 15.2. The van der Waals surface area contributed by atoms with Gasteiger partial charge in [0.25, 0.3) is 5.91 Å². The Hall–Kier alpha value is -3.44. The SMILES string of the molecule is CCc1ccc(-c2ccccc2C(=O)NC2CCN(CCCC(C)(CC(=O)OC(C)C)c3ccccc3)CC2)cc1. The Bertz CT molecular complexity index is 1260. The molecule has 1 fully saturated rings. The third kappa shape index (κ3) is 8.53. The fourth-order valence-electron chi connectivity index (χ4n) is 5.91. The van der Waals surface area contributed by atoms with Gasteiger partial charge >= 0.3 is 5.97 Å². The highest BCUT2D eigenvalue weighted by atomic mass is 16.5. The molecule has 1 aliphatic heterocycles. The van der Waals surface area contributed by atoms with E-state index in [4.69, 9.17) is 4.74 Å². The first kappa shape index (κ1) is 30.5. The second-order valence-electron chi connectivity index (χ2n) is 11.9. The van der Waals surface area contributed by atoms with E-state index in [9.17, 15) is 9.59 Å². The van der Waals surface area contributed by atoms with E-state index in [-0.39, 0.29) is 29.4 Å². The summed E-state index contributed by atoms with van der Waals surface area (Å²) in [5.41, 5.74) is 5.00. The summed E-state index contributed by atoms with van der Waals surface area (Å²) in [6.07, 6.45) is 5.07. The lowest BCUT2D eigenvalue weighted by molar-refractivity contribution is -0.148. The maximum Gasteiger partial charge on any atom is 0.306 e. The highest BCUT2D eigenvalue weighted by Crippen LogP contribution is 2.33. The molecule has 41 heavy (non-hydrogen) atoms. The molecule has 0 bridgehead atoms. The number of carbonyl (C=O) groups is 2. The summed E-state index contributed by atoms with van der Waals surface area (Å²) in [6, 6.07) is 26.9. The number of nitrogens with zero attached hydrogens (tertiary/aromatic N) is 1. The van der Waals surface area contributed by atoms with Gasteiger partial charge in [-0.25, -0.2) is 0 Å². The van der Waals surface area contributed by atoms with Gasteiger partial charge in [-0.3, -0.25) is 9.59 Å². The molecule has 3 aromatic carbocycles. The van der Waals surface area contributed by atoms with Crippen LogP contribution in [0.1, 0.15) is 81.3 Å². The van der Waals surface area contributed by atoms with Gasteiger partial charge in [0.05, 0.1) is 12.5 Å². The molecule has 1 unspecified atom stereocenters. The molecule has 1 N–H and O–H groups in total. The number of likely N-dealkylation sites (tertiary alicyclic amines) is 1. The molecule has 1 aliphatic rings. The summed E-state index contributed by atoms with van der Waals surface area (Å²) in [6.45, 7) is 11.0. The maximum absolute atomic E-state index is 13.3. The lowest BCUT2D eigenvalue weighted by atomic mass is 9.76. The second kappa shape index (κ2) is 14.5. The molecule has 3 aromatic rings. The third-order valence-corrected chi connectivity index (χ3v) is 8.34. The molecule has 1 heterocycles. The van der Waals surface area contributed by atoms with Crippen LogP contribution in [0.15, 0.2) is 78.9 Å². The van der Waals surface area contributed by atoms with E-state index in [1.807, 2.05) is 56.3 Å². The molecule has 5 nitrogen and oxygen atoms in total. The Balaban J connectivity index is 1.29. The van der Waals surface area contributed by atoms with Crippen LogP contribution in [0.25, 0.3) is 11.1 Å². The van der Waals surface area contributed by atoms with Crippen molar-refractivity contribution < 1.29 is 14.3 Å². The highest BCUT2D eigenvalue weighted by Gasteiger charge is 2.31. The van der Waals surface area contributed by atoms with Crippen LogP contribution in [0.5, 0.6) is 0 Å². The predicted molar refractivity (Wildman–Crippen MR) is 167 cm³/mol. The second-order valence-corrected chi connectivity index (χ2v) is 11.9. The van der Waals surface area contributed by atoms with Crippen LogP contribution >= 0.6 is 0 Å². The Morgan fingerprint density at radius 1 is 0.951 bits per heavy atom. The zero-order valence-corrected chi connectivity index (χ0v) is 25.2. The molecule has 218 valence electrons. The quantitative estimate of drug-likeness (QED) is 0.241. The fraction of sp³-hybridized carbons (Fsp3) is 0.444. The van der Waals surface area contributed by atoms with Crippen LogP contribution in [0, 0.1) is 0 Å². The van der Waals surface area contributed by atoms with E-state index in [0.29, 0.717) is 6.42 Å². The number of hydrogen-bond donors (Lipinski definition) is 1. The smallest absolute Gasteiger partial charge is 0.306 e. The number of hydrogen-bond acceptors (Lipinski definition) is 4. The topological polar surface area (TPSA) is 58.6 Å². The number of carbonyl (C=O) groups excluding carboxylic acids is 2. The van der Waals surface area contributed by atoms with Crippen molar-refractivity contribution >= 4 is 11.9 Å². The van der Waals surface area contributed by atoms with Crippen molar-refractivity contribution in [1.82, 2.24) is 10.2 Å². The van der Waals surface area contributed by atoms with Crippen LogP contribution in [0.2, 0.25) is 0 Å². The number of benzene rings is 3. The monoisotopic (exact) mass is 554 g/mol.